The van der Waals surface area contributed by atoms with Gasteiger partial charge in [0, 0.05) is 82.9 Å². The molecule has 45 heavy (non-hydrogen) atoms. The van der Waals surface area contributed by atoms with Crippen LogP contribution in [0.25, 0.3) is 0 Å². The van der Waals surface area contributed by atoms with Crippen molar-refractivity contribution in [3.05, 3.63) is 53.3 Å². The Balaban J connectivity index is 0.00000271. The summed E-state index contributed by atoms with van der Waals surface area (Å²) >= 11 is 0. The molecule has 2 aliphatic heterocycles. The molecule has 1 aromatic heterocycles. The van der Waals surface area contributed by atoms with Gasteiger partial charge in [0.2, 0.25) is 5.91 Å². The van der Waals surface area contributed by atoms with Crippen LogP contribution in [-0.2, 0) is 20.5 Å². The zero-order valence-electron chi connectivity index (χ0n) is 28.1. The zero-order valence-corrected chi connectivity index (χ0v) is 29.0. The minimum absolute atomic E-state index is 0.0125. The van der Waals surface area contributed by atoms with Gasteiger partial charge in [-0.3, -0.25) is 19.5 Å². The molecule has 2 aliphatic rings. The molecular formula is C33H52N6O5S. The van der Waals surface area contributed by atoms with Gasteiger partial charge in [-0.1, -0.05) is 13.8 Å². The average molecular weight is 645 g/mol. The number of nitrogens with zero attached hydrogens (tertiary/aromatic N) is 5. The van der Waals surface area contributed by atoms with E-state index in [9.17, 15) is 13.8 Å². The Kier molecular flexibility index (Phi) is 14.4. The van der Waals surface area contributed by atoms with Gasteiger partial charge in [-0.2, -0.15) is 0 Å². The van der Waals surface area contributed by atoms with Crippen LogP contribution in [-0.4, -0.2) is 132 Å². The van der Waals surface area contributed by atoms with E-state index in [0.29, 0.717) is 38.3 Å². The smallest absolute Gasteiger partial charge is 0.251 e. The number of carbonyl (C=O) groups is 2. The molecule has 0 saturated carbocycles. The van der Waals surface area contributed by atoms with Gasteiger partial charge in [0.15, 0.2) is 0 Å². The van der Waals surface area contributed by atoms with Crippen molar-refractivity contribution >= 4 is 22.8 Å². The fourth-order valence-electron chi connectivity index (χ4n) is 5.89. The molecule has 2 aromatic rings. The van der Waals surface area contributed by atoms with Gasteiger partial charge in [-0.15, -0.1) is 0 Å². The van der Waals surface area contributed by atoms with E-state index in [4.69, 9.17) is 9.47 Å². The molecule has 0 bridgehead atoms. The molecule has 2 saturated heterocycles. The molecular weight excluding hydrogens is 592 g/mol. The summed E-state index contributed by atoms with van der Waals surface area (Å²) in [6, 6.07) is 7.20. The summed E-state index contributed by atoms with van der Waals surface area (Å²) < 4.78 is 26.0. The number of methoxy groups -OCH3 is 1. The van der Waals surface area contributed by atoms with Crippen molar-refractivity contribution in [1.82, 2.24) is 29.3 Å². The van der Waals surface area contributed by atoms with Gasteiger partial charge in [0.05, 0.1) is 18.6 Å². The average Bonchev–Trinajstić information content (AvgIpc) is 3.06. The van der Waals surface area contributed by atoms with Gasteiger partial charge in [-0.05, 0) is 69.1 Å². The first-order valence-electron chi connectivity index (χ1n) is 15.9. The molecule has 1 aromatic carbocycles. The molecule has 2 fully saturated rings. The maximum absolute atomic E-state index is 13.2. The van der Waals surface area contributed by atoms with Crippen LogP contribution < -0.4 is 10.1 Å². The first-order valence-corrected chi connectivity index (χ1v) is 17.0. The molecule has 4 rings (SSSR count). The van der Waals surface area contributed by atoms with Crippen molar-refractivity contribution in [2.24, 2.45) is 0 Å². The van der Waals surface area contributed by atoms with E-state index in [1.165, 1.54) is 0 Å². The monoisotopic (exact) mass is 644 g/mol. The van der Waals surface area contributed by atoms with E-state index in [1.807, 2.05) is 44.7 Å². The lowest BCUT2D eigenvalue weighted by Gasteiger charge is -2.51. The number of piperidine rings is 1. The maximum Gasteiger partial charge on any atom is 0.251 e. The highest BCUT2D eigenvalue weighted by Gasteiger charge is 2.42. The molecule has 0 radical (unpaired) electrons. The Morgan fingerprint density at radius 1 is 1.02 bits per heavy atom. The zero-order chi connectivity index (χ0) is 33.0. The van der Waals surface area contributed by atoms with Crippen molar-refractivity contribution in [2.45, 2.75) is 51.0 Å². The van der Waals surface area contributed by atoms with Crippen molar-refractivity contribution in [3.63, 3.8) is 0 Å². The quantitative estimate of drug-likeness (QED) is 0.352. The van der Waals surface area contributed by atoms with Crippen LogP contribution >= 0.6 is 0 Å². The Hall–Kier alpha value is -2.90. The summed E-state index contributed by atoms with van der Waals surface area (Å²) in [4.78, 5) is 37.4. The maximum atomic E-state index is 13.2. The second kappa shape index (κ2) is 17.7. The minimum atomic E-state index is -1.35. The van der Waals surface area contributed by atoms with Crippen molar-refractivity contribution < 1.29 is 23.3 Å². The summed E-state index contributed by atoms with van der Waals surface area (Å²) in [5.74, 6) is 0.595. The van der Waals surface area contributed by atoms with Crippen LogP contribution in [0.2, 0.25) is 0 Å². The largest absolute Gasteiger partial charge is 0.497 e. The summed E-state index contributed by atoms with van der Waals surface area (Å²) in [5, 5.41) is 3.16. The van der Waals surface area contributed by atoms with Crippen LogP contribution in [0.3, 0.4) is 0 Å². The first-order chi connectivity index (χ1) is 21.6. The number of pyridine rings is 1. The molecule has 11 nitrogen and oxygen atoms in total. The lowest BCUT2D eigenvalue weighted by molar-refractivity contribution is -0.139. The highest BCUT2D eigenvalue weighted by atomic mass is 32.2. The Morgan fingerprint density at radius 2 is 1.62 bits per heavy atom. The molecule has 1 unspecified atom stereocenters. The van der Waals surface area contributed by atoms with Crippen molar-refractivity contribution in [2.75, 3.05) is 86.8 Å². The van der Waals surface area contributed by atoms with E-state index < -0.39 is 11.0 Å². The molecule has 0 aliphatic carbocycles. The van der Waals surface area contributed by atoms with Crippen molar-refractivity contribution in [3.8, 4) is 5.75 Å². The number of aromatic nitrogens is 1. The molecule has 0 spiro atoms. The van der Waals surface area contributed by atoms with Crippen LogP contribution in [0.1, 0.15) is 48.2 Å². The van der Waals surface area contributed by atoms with Gasteiger partial charge in [-0.25, -0.2) is 8.51 Å². The first kappa shape index (κ1) is 36.6. The minimum Gasteiger partial charge on any atom is -0.497 e. The fraction of sp³-hybridized carbons (Fsp3) is 0.606. The number of likely N-dealkylation sites (N-methyl/N-ethyl adjacent to an activating group) is 2. The third kappa shape index (κ3) is 9.79. The van der Waals surface area contributed by atoms with E-state index >= 15 is 0 Å². The van der Waals surface area contributed by atoms with Crippen LogP contribution in [0.15, 0.2) is 41.6 Å². The van der Waals surface area contributed by atoms with E-state index in [0.717, 1.165) is 60.8 Å². The molecule has 3 heterocycles. The van der Waals surface area contributed by atoms with Crippen LogP contribution in [0, 0.1) is 13.8 Å². The second-order valence-corrected chi connectivity index (χ2v) is 13.1. The second-order valence-electron chi connectivity index (χ2n) is 11.6. The summed E-state index contributed by atoms with van der Waals surface area (Å²) in [5.41, 5.74) is 2.21. The number of hydrogen-bond donors (Lipinski definition) is 1. The number of hydrogen-bond acceptors (Lipinski definition) is 8. The third-order valence-electron chi connectivity index (χ3n) is 8.64. The Morgan fingerprint density at radius 3 is 2.20 bits per heavy atom. The lowest BCUT2D eigenvalue weighted by Crippen LogP contribution is -2.64. The van der Waals surface area contributed by atoms with Gasteiger partial charge in [0.25, 0.3) is 5.91 Å². The number of carbonyl (C=O) groups excluding carboxylic acids is 2. The van der Waals surface area contributed by atoms with Crippen molar-refractivity contribution in [1.29, 1.82) is 0 Å². The molecule has 2 amide bonds. The van der Waals surface area contributed by atoms with E-state index in [2.05, 4.69) is 27.1 Å². The molecule has 1 N–H and O–H groups in total. The predicted octanol–water partition coefficient (Wildman–Crippen LogP) is 2.74. The number of ether oxygens (including phenoxy) is 2. The normalized spacial score (nSPS) is 17.7. The van der Waals surface area contributed by atoms with Crippen LogP contribution in [0.4, 0.5) is 0 Å². The fourth-order valence-corrected chi connectivity index (χ4v) is 7.12. The number of rotatable bonds is 12. The number of likely N-dealkylation sites (tertiary alicyclic amines) is 1. The third-order valence-corrected chi connectivity index (χ3v) is 10.4. The SMILES string of the molecule is CC.COc1cc(C)c(S(=O)N(C)CCOCC(=O)N2CCC(CNC(=O)c3ccncc3)(N3CCN(C)CC3)CC2)c(C)c1. The number of nitrogens with one attached hydrogen (secondary N) is 1. The Bertz CT molecular complexity index is 1240. The summed E-state index contributed by atoms with van der Waals surface area (Å²) in [6.07, 6.45) is 4.80. The van der Waals surface area contributed by atoms with Gasteiger partial charge >= 0.3 is 0 Å². The summed E-state index contributed by atoms with van der Waals surface area (Å²) in [7, 11) is 4.19. The highest BCUT2D eigenvalue weighted by Crippen LogP contribution is 2.30. The molecule has 1 atom stereocenters. The lowest BCUT2D eigenvalue weighted by atomic mass is 9.84. The highest BCUT2D eigenvalue weighted by molar-refractivity contribution is 7.82. The number of aryl methyl sites for hydroxylation is 2. The van der Waals surface area contributed by atoms with Gasteiger partial charge in [0.1, 0.15) is 23.3 Å². The summed E-state index contributed by atoms with van der Waals surface area (Å²) in [6.45, 7) is 14.1. The van der Waals surface area contributed by atoms with Crippen LogP contribution in [0.5, 0.6) is 5.75 Å². The van der Waals surface area contributed by atoms with E-state index in [1.54, 1.807) is 43.0 Å². The van der Waals surface area contributed by atoms with E-state index in [-0.39, 0.29) is 24.0 Å². The number of benzene rings is 1. The number of piperazine rings is 1. The Labute approximate surface area is 271 Å². The molecule has 12 heteroatoms. The predicted molar refractivity (Wildman–Crippen MR) is 178 cm³/mol. The number of amides is 2. The topological polar surface area (TPSA) is 108 Å². The standard InChI is InChI=1S/C31H46N6O5S.C2H6/c1-24-20-27(41-5)21-25(2)29(24)43(40)35(4)18-19-42-22-28(38)36-12-8-31(9-13-36,37-16-14-34(3)15-17-37)23-33-30(39)26-6-10-32-11-7-26;1-2/h6-7,10-11,20-21H,8-9,12-19,22-23H2,1-5H3,(H,33,39);1-2H3. The molecule has 250 valence electrons. The van der Waals surface area contributed by atoms with Gasteiger partial charge < -0.3 is 24.6 Å².